The first kappa shape index (κ1) is 16.1. The number of aromatic hydroxyl groups is 1. The highest BCUT2D eigenvalue weighted by Gasteiger charge is 2.36. The van der Waals surface area contributed by atoms with Gasteiger partial charge < -0.3 is 20.3 Å². The minimum atomic E-state index is -0.517. The van der Waals surface area contributed by atoms with Crippen molar-refractivity contribution in [2.45, 2.75) is 5.92 Å². The number of nitrogens with zero attached hydrogens (tertiary/aromatic N) is 2. The van der Waals surface area contributed by atoms with Gasteiger partial charge in [0.1, 0.15) is 11.6 Å². The summed E-state index contributed by atoms with van der Waals surface area (Å²) in [6, 6.07) is 11.0. The van der Waals surface area contributed by atoms with Crippen LogP contribution in [-0.4, -0.2) is 22.4 Å². The van der Waals surface area contributed by atoms with Gasteiger partial charge in [-0.25, -0.2) is 0 Å². The van der Waals surface area contributed by atoms with Crippen LogP contribution in [0.15, 0.2) is 47.2 Å². The van der Waals surface area contributed by atoms with Gasteiger partial charge in [-0.2, -0.15) is 5.26 Å². The molecule has 0 saturated carbocycles. The van der Waals surface area contributed by atoms with Crippen molar-refractivity contribution < 1.29 is 14.6 Å². The first-order valence-electron chi connectivity index (χ1n) is 7.70. The van der Waals surface area contributed by atoms with Crippen molar-refractivity contribution >= 4 is 11.3 Å². The fourth-order valence-corrected chi connectivity index (χ4v) is 3.81. The first-order chi connectivity index (χ1) is 12.6. The van der Waals surface area contributed by atoms with Crippen LogP contribution in [0.2, 0.25) is 0 Å². The molecule has 4 rings (SSSR count). The Morgan fingerprint density at radius 1 is 1.42 bits per heavy atom. The molecule has 0 amide bonds. The van der Waals surface area contributed by atoms with Gasteiger partial charge in [0.2, 0.25) is 11.8 Å². The molecule has 2 aromatic heterocycles. The van der Waals surface area contributed by atoms with E-state index in [2.05, 4.69) is 16.3 Å². The van der Waals surface area contributed by atoms with Crippen molar-refractivity contribution in [3.8, 4) is 34.0 Å². The lowest BCUT2D eigenvalue weighted by Crippen LogP contribution is -2.20. The standard InChI is InChI=1S/C18H14N4O3S/c1-24-12-5-4-9(7-11(12)23)14-10(8-19)17(20)25-18-15(14)16(21-22-18)13-3-2-6-26-13/h2-7,14,23H,20H2,1H3,(H,21,22)/t14-/m0/s1. The number of aromatic amines is 1. The van der Waals surface area contributed by atoms with E-state index in [0.29, 0.717) is 22.8 Å². The van der Waals surface area contributed by atoms with E-state index in [1.165, 1.54) is 7.11 Å². The normalized spacial score (nSPS) is 15.9. The molecule has 3 heterocycles. The highest BCUT2D eigenvalue weighted by Crippen LogP contribution is 2.47. The number of rotatable bonds is 3. The second kappa shape index (κ2) is 6.13. The number of phenols is 1. The van der Waals surface area contributed by atoms with Crippen molar-refractivity contribution in [1.82, 2.24) is 10.2 Å². The van der Waals surface area contributed by atoms with Gasteiger partial charge in [-0.3, -0.25) is 5.10 Å². The molecule has 1 aliphatic heterocycles. The number of ether oxygens (including phenoxy) is 2. The number of nitrogens with two attached hydrogens (primary N) is 1. The minimum absolute atomic E-state index is 0.00420. The Bertz CT molecular complexity index is 1050. The van der Waals surface area contributed by atoms with Crippen LogP contribution in [0.4, 0.5) is 0 Å². The zero-order valence-corrected chi connectivity index (χ0v) is 14.5. The molecule has 7 nitrogen and oxygen atoms in total. The third-order valence-corrected chi connectivity index (χ3v) is 5.13. The summed E-state index contributed by atoms with van der Waals surface area (Å²) in [5.74, 6) is 0.142. The molecule has 4 N–H and O–H groups in total. The molecule has 0 unspecified atom stereocenters. The number of hydrogen-bond acceptors (Lipinski definition) is 7. The number of methoxy groups -OCH3 is 1. The zero-order chi connectivity index (χ0) is 18.3. The molecule has 0 aliphatic carbocycles. The fraction of sp³-hybridized carbons (Fsp3) is 0.111. The lowest BCUT2D eigenvalue weighted by molar-refractivity contribution is 0.371. The summed E-state index contributed by atoms with van der Waals surface area (Å²) in [6.45, 7) is 0. The SMILES string of the molecule is COc1ccc([C@H]2C(C#N)=C(N)Oc3n[nH]c(-c4cccs4)c32)cc1O. The second-order valence-corrected chi connectivity index (χ2v) is 6.60. The smallest absolute Gasteiger partial charge is 0.244 e. The lowest BCUT2D eigenvalue weighted by atomic mass is 9.83. The molecule has 3 aromatic rings. The van der Waals surface area contributed by atoms with Crippen LogP contribution in [0, 0.1) is 11.3 Å². The lowest BCUT2D eigenvalue weighted by Gasteiger charge is -2.24. The van der Waals surface area contributed by atoms with Crippen LogP contribution in [0.3, 0.4) is 0 Å². The average Bonchev–Trinajstić information content (AvgIpc) is 3.29. The summed E-state index contributed by atoms with van der Waals surface area (Å²) < 4.78 is 10.7. The van der Waals surface area contributed by atoms with Crippen LogP contribution >= 0.6 is 11.3 Å². The van der Waals surface area contributed by atoms with Crippen LogP contribution in [0.1, 0.15) is 17.0 Å². The maximum atomic E-state index is 10.2. The van der Waals surface area contributed by atoms with Crippen LogP contribution in [-0.2, 0) is 0 Å². The number of phenolic OH excluding ortho intramolecular Hbond substituents is 1. The summed E-state index contributed by atoms with van der Waals surface area (Å²) in [7, 11) is 1.48. The molecule has 0 bridgehead atoms. The van der Waals surface area contributed by atoms with E-state index in [0.717, 1.165) is 10.6 Å². The van der Waals surface area contributed by atoms with E-state index in [9.17, 15) is 10.4 Å². The summed E-state index contributed by atoms with van der Waals surface area (Å²) >= 11 is 1.54. The maximum absolute atomic E-state index is 10.2. The Morgan fingerprint density at radius 3 is 2.92 bits per heavy atom. The molecule has 1 atom stereocenters. The number of H-pyrrole nitrogens is 1. The summed E-state index contributed by atoms with van der Waals surface area (Å²) in [5.41, 5.74) is 8.37. The van der Waals surface area contributed by atoms with Gasteiger partial charge in [0, 0.05) is 0 Å². The topological polar surface area (TPSA) is 117 Å². The van der Waals surface area contributed by atoms with Gasteiger partial charge in [-0.05, 0) is 29.1 Å². The predicted molar refractivity (Wildman–Crippen MR) is 95.9 cm³/mol. The van der Waals surface area contributed by atoms with E-state index in [1.54, 1.807) is 29.5 Å². The number of fused-ring (bicyclic) bond motifs is 1. The average molecular weight is 366 g/mol. The van der Waals surface area contributed by atoms with Crippen molar-refractivity contribution in [2.24, 2.45) is 5.73 Å². The third kappa shape index (κ3) is 2.37. The van der Waals surface area contributed by atoms with Gasteiger partial charge in [-0.15, -0.1) is 16.4 Å². The molecule has 1 aliphatic rings. The van der Waals surface area contributed by atoms with E-state index < -0.39 is 5.92 Å². The van der Waals surface area contributed by atoms with Crippen LogP contribution in [0.5, 0.6) is 17.4 Å². The molecule has 26 heavy (non-hydrogen) atoms. The fourth-order valence-electron chi connectivity index (χ4n) is 3.07. The molecule has 0 fully saturated rings. The Morgan fingerprint density at radius 2 is 2.27 bits per heavy atom. The first-order valence-corrected chi connectivity index (χ1v) is 8.58. The Labute approximate surface area is 152 Å². The van der Waals surface area contributed by atoms with E-state index in [1.807, 2.05) is 17.5 Å². The zero-order valence-electron chi connectivity index (χ0n) is 13.7. The molecule has 0 radical (unpaired) electrons. The van der Waals surface area contributed by atoms with E-state index in [-0.39, 0.29) is 17.2 Å². The predicted octanol–water partition coefficient (Wildman–Crippen LogP) is 3.07. The molecular weight excluding hydrogens is 352 g/mol. The minimum Gasteiger partial charge on any atom is -0.504 e. The van der Waals surface area contributed by atoms with Crippen molar-refractivity contribution in [1.29, 1.82) is 5.26 Å². The molecule has 0 spiro atoms. The summed E-state index contributed by atoms with van der Waals surface area (Å²) in [6.07, 6.45) is 0. The van der Waals surface area contributed by atoms with Gasteiger partial charge in [-0.1, -0.05) is 12.1 Å². The number of nitriles is 1. The van der Waals surface area contributed by atoms with Gasteiger partial charge in [0.25, 0.3) is 0 Å². The van der Waals surface area contributed by atoms with Gasteiger partial charge in [0.05, 0.1) is 29.2 Å². The maximum Gasteiger partial charge on any atom is 0.244 e. The van der Waals surface area contributed by atoms with Gasteiger partial charge >= 0.3 is 0 Å². The number of aromatic nitrogens is 2. The van der Waals surface area contributed by atoms with E-state index in [4.69, 9.17) is 15.2 Å². The molecular formula is C18H14N4O3S. The number of hydrogen-bond donors (Lipinski definition) is 3. The number of nitrogens with one attached hydrogen (secondary N) is 1. The molecule has 0 saturated heterocycles. The van der Waals surface area contributed by atoms with E-state index >= 15 is 0 Å². The Balaban J connectivity index is 1.94. The summed E-state index contributed by atoms with van der Waals surface area (Å²) in [4.78, 5) is 0.961. The van der Waals surface area contributed by atoms with Crippen LogP contribution < -0.4 is 15.2 Å². The molecule has 8 heteroatoms. The Hall–Kier alpha value is -3.44. The van der Waals surface area contributed by atoms with Crippen molar-refractivity contribution in [2.75, 3.05) is 7.11 Å². The van der Waals surface area contributed by atoms with Crippen molar-refractivity contribution in [3.05, 3.63) is 58.3 Å². The highest BCUT2D eigenvalue weighted by molar-refractivity contribution is 7.13. The quantitative estimate of drug-likeness (QED) is 0.656. The van der Waals surface area contributed by atoms with Crippen molar-refractivity contribution in [3.63, 3.8) is 0 Å². The second-order valence-electron chi connectivity index (χ2n) is 5.65. The number of allylic oxidation sites excluding steroid dienone is 1. The molecule has 1 aromatic carbocycles. The summed E-state index contributed by atoms with van der Waals surface area (Å²) in [5, 5.41) is 29.0. The monoisotopic (exact) mass is 366 g/mol. The van der Waals surface area contributed by atoms with Crippen LogP contribution in [0.25, 0.3) is 10.6 Å². The third-order valence-electron chi connectivity index (χ3n) is 4.24. The molecule has 130 valence electrons. The largest absolute Gasteiger partial charge is 0.504 e. The van der Waals surface area contributed by atoms with Gasteiger partial charge in [0.15, 0.2) is 11.5 Å². The number of benzene rings is 1. The number of thiophene rings is 1. The Kier molecular flexibility index (Phi) is 3.78. The highest BCUT2D eigenvalue weighted by atomic mass is 32.1.